The van der Waals surface area contributed by atoms with Crippen molar-refractivity contribution in [3.8, 4) is 5.75 Å². The summed E-state index contributed by atoms with van der Waals surface area (Å²) in [4.78, 5) is 30.3. The van der Waals surface area contributed by atoms with Crippen LogP contribution in [0.1, 0.15) is 29.2 Å². The maximum atomic E-state index is 13.5. The number of phenols is 1. The van der Waals surface area contributed by atoms with E-state index in [-0.39, 0.29) is 17.3 Å². The summed E-state index contributed by atoms with van der Waals surface area (Å²) in [5, 5.41) is 19.6. The zero-order chi connectivity index (χ0) is 25.9. The van der Waals surface area contributed by atoms with Crippen LogP contribution in [0.3, 0.4) is 0 Å². The van der Waals surface area contributed by atoms with E-state index in [0.717, 1.165) is 11.1 Å². The van der Waals surface area contributed by atoms with Crippen molar-refractivity contribution in [1.82, 2.24) is 14.6 Å². The second-order valence-corrected chi connectivity index (χ2v) is 9.33. The van der Waals surface area contributed by atoms with Crippen LogP contribution in [0.4, 0.5) is 10.5 Å². The maximum Gasteiger partial charge on any atom is 0.342 e. The number of rotatable bonds is 5. The number of aromatic nitrogens is 2. The number of para-hydroxylation sites is 1. The fourth-order valence-electron chi connectivity index (χ4n) is 4.21. The number of nitrogens with zero attached hydrogens (tertiary/aromatic N) is 4. The van der Waals surface area contributed by atoms with E-state index in [1.54, 1.807) is 60.9 Å². The summed E-state index contributed by atoms with van der Waals surface area (Å²) in [6.45, 7) is 0.219. The number of amides is 2. The number of hydrogen-bond donors (Lipinski definition) is 2. The van der Waals surface area contributed by atoms with Gasteiger partial charge in [0.1, 0.15) is 10.8 Å². The van der Waals surface area contributed by atoms with Crippen LogP contribution in [0.25, 0.3) is 0 Å². The summed E-state index contributed by atoms with van der Waals surface area (Å²) in [5.41, 5.74) is 2.71. The van der Waals surface area contributed by atoms with Crippen LogP contribution in [0, 0.1) is 0 Å². The molecule has 0 saturated carbocycles. The average Bonchev–Trinajstić information content (AvgIpc) is 3.33. The van der Waals surface area contributed by atoms with E-state index in [0.29, 0.717) is 28.4 Å². The number of pyridine rings is 2. The Hall–Kier alpha value is -4.14. The maximum absolute atomic E-state index is 13.5. The first-order valence-corrected chi connectivity index (χ1v) is 12.1. The third-order valence-corrected chi connectivity index (χ3v) is 6.45. The SMILES string of the molecule is O=C(Nc1cc(Cl)c(=O)n(Cc2cccc(Cl)c2)c1)N1N=C(c2cccnc2)CC1c1ccccc1O. The van der Waals surface area contributed by atoms with Gasteiger partial charge in [-0.2, -0.15) is 5.10 Å². The summed E-state index contributed by atoms with van der Waals surface area (Å²) in [6, 6.07) is 17.9. The Kier molecular flexibility index (Phi) is 6.94. The smallest absolute Gasteiger partial charge is 0.342 e. The monoisotopic (exact) mass is 533 g/mol. The minimum atomic E-state index is -0.552. The molecule has 186 valence electrons. The fourth-order valence-corrected chi connectivity index (χ4v) is 4.65. The van der Waals surface area contributed by atoms with Gasteiger partial charge in [-0.15, -0.1) is 0 Å². The second kappa shape index (κ2) is 10.5. The van der Waals surface area contributed by atoms with Gasteiger partial charge in [-0.05, 0) is 35.9 Å². The molecule has 0 fully saturated rings. The van der Waals surface area contributed by atoms with Crippen LogP contribution < -0.4 is 10.9 Å². The first-order chi connectivity index (χ1) is 17.9. The minimum absolute atomic E-state index is 0.0435. The molecule has 2 aromatic carbocycles. The number of benzene rings is 2. The molecule has 0 spiro atoms. The molecule has 3 heterocycles. The van der Waals surface area contributed by atoms with Crippen LogP contribution in [0.15, 0.2) is 95.2 Å². The molecule has 1 unspecified atom stereocenters. The van der Waals surface area contributed by atoms with Crippen molar-refractivity contribution >= 4 is 40.6 Å². The van der Waals surface area contributed by atoms with Gasteiger partial charge in [-0.1, -0.05) is 59.6 Å². The third-order valence-electron chi connectivity index (χ3n) is 5.94. The molecule has 1 atom stereocenters. The standard InChI is InChI=1S/C27H21Cl2N5O3/c28-19-7-3-5-17(11-19)15-33-16-20(12-22(29)26(33)36)31-27(37)34-24(21-8-1-2-9-25(21)35)13-23(32-34)18-6-4-10-30-14-18/h1-12,14,16,24,35H,13,15H2,(H,31,37). The lowest BCUT2D eigenvalue weighted by atomic mass is 9.98. The van der Waals surface area contributed by atoms with Crippen molar-refractivity contribution in [2.75, 3.05) is 5.32 Å². The van der Waals surface area contributed by atoms with Crippen LogP contribution >= 0.6 is 23.2 Å². The first kappa shape index (κ1) is 24.5. The molecule has 2 aromatic heterocycles. The lowest BCUT2D eigenvalue weighted by Crippen LogP contribution is -2.32. The minimum Gasteiger partial charge on any atom is -0.508 e. The van der Waals surface area contributed by atoms with Crippen LogP contribution in [0.2, 0.25) is 10.0 Å². The van der Waals surface area contributed by atoms with Gasteiger partial charge in [-0.3, -0.25) is 9.78 Å². The quantitative estimate of drug-likeness (QED) is 0.344. The second-order valence-electron chi connectivity index (χ2n) is 8.48. The number of urea groups is 1. The van der Waals surface area contributed by atoms with Gasteiger partial charge >= 0.3 is 6.03 Å². The number of hydrazone groups is 1. The first-order valence-electron chi connectivity index (χ1n) is 11.4. The van der Waals surface area contributed by atoms with E-state index in [4.69, 9.17) is 23.2 Å². The van der Waals surface area contributed by atoms with Gasteiger partial charge < -0.3 is 15.0 Å². The van der Waals surface area contributed by atoms with E-state index in [9.17, 15) is 14.7 Å². The summed E-state index contributed by atoms with van der Waals surface area (Å²) < 4.78 is 1.40. The molecule has 1 aliphatic rings. The number of aromatic hydroxyl groups is 1. The number of carbonyl (C=O) groups excluding carboxylic acids is 1. The van der Waals surface area contributed by atoms with Crippen molar-refractivity contribution in [2.45, 2.75) is 19.0 Å². The van der Waals surface area contributed by atoms with E-state index < -0.39 is 17.6 Å². The molecule has 0 aliphatic carbocycles. The Balaban J connectivity index is 1.46. The molecular formula is C27H21Cl2N5O3. The van der Waals surface area contributed by atoms with Crippen LogP contribution in [-0.4, -0.2) is 31.4 Å². The third kappa shape index (κ3) is 5.35. The highest BCUT2D eigenvalue weighted by Gasteiger charge is 2.35. The Morgan fingerprint density at radius 2 is 1.92 bits per heavy atom. The molecule has 10 heteroatoms. The highest BCUT2D eigenvalue weighted by Crippen LogP contribution is 2.37. The highest BCUT2D eigenvalue weighted by atomic mass is 35.5. The van der Waals surface area contributed by atoms with Crippen molar-refractivity contribution < 1.29 is 9.90 Å². The predicted molar refractivity (Wildman–Crippen MR) is 143 cm³/mol. The van der Waals surface area contributed by atoms with E-state index >= 15 is 0 Å². The number of hydrogen-bond acceptors (Lipinski definition) is 5. The number of halogens is 2. The van der Waals surface area contributed by atoms with Crippen molar-refractivity contribution in [1.29, 1.82) is 0 Å². The Morgan fingerprint density at radius 3 is 2.68 bits per heavy atom. The molecule has 8 nitrogen and oxygen atoms in total. The Bertz CT molecular complexity index is 1560. The number of phenolic OH excluding ortho intramolecular Hbond substituents is 1. The van der Waals surface area contributed by atoms with Crippen molar-refractivity contribution in [2.24, 2.45) is 5.10 Å². The van der Waals surface area contributed by atoms with Gasteiger partial charge in [0.15, 0.2) is 0 Å². The van der Waals surface area contributed by atoms with Crippen molar-refractivity contribution in [3.05, 3.63) is 122 Å². The lowest BCUT2D eigenvalue weighted by Gasteiger charge is -2.23. The normalized spacial score (nSPS) is 14.9. The molecule has 2 amide bonds. The molecule has 0 saturated heterocycles. The van der Waals surface area contributed by atoms with Crippen molar-refractivity contribution in [3.63, 3.8) is 0 Å². The molecule has 2 N–H and O–H groups in total. The number of anilines is 1. The van der Waals surface area contributed by atoms with Crippen LogP contribution in [0.5, 0.6) is 5.75 Å². The largest absolute Gasteiger partial charge is 0.508 e. The van der Waals surface area contributed by atoms with Crippen LogP contribution in [-0.2, 0) is 6.54 Å². The fraction of sp³-hybridized carbons (Fsp3) is 0.111. The Morgan fingerprint density at radius 1 is 1.08 bits per heavy atom. The molecule has 5 rings (SSSR count). The van der Waals surface area contributed by atoms with E-state index in [2.05, 4.69) is 15.4 Å². The summed E-state index contributed by atoms with van der Waals surface area (Å²) >= 11 is 12.3. The molecular weight excluding hydrogens is 513 g/mol. The highest BCUT2D eigenvalue weighted by molar-refractivity contribution is 6.31. The molecule has 1 aliphatic heterocycles. The molecule has 37 heavy (non-hydrogen) atoms. The topological polar surface area (TPSA) is 99.8 Å². The number of nitrogens with one attached hydrogen (secondary N) is 1. The van der Waals surface area contributed by atoms with Gasteiger partial charge in [-0.25, -0.2) is 9.80 Å². The summed E-state index contributed by atoms with van der Waals surface area (Å²) in [6.07, 6.45) is 5.23. The number of carbonyl (C=O) groups is 1. The zero-order valence-electron chi connectivity index (χ0n) is 19.4. The molecule has 0 bridgehead atoms. The predicted octanol–water partition coefficient (Wildman–Crippen LogP) is 5.69. The Labute approximate surface area is 222 Å². The zero-order valence-corrected chi connectivity index (χ0v) is 20.9. The lowest BCUT2D eigenvalue weighted by molar-refractivity contribution is 0.199. The van der Waals surface area contributed by atoms with E-state index in [1.807, 2.05) is 12.1 Å². The van der Waals surface area contributed by atoms with Gasteiger partial charge in [0.05, 0.1) is 24.0 Å². The summed E-state index contributed by atoms with van der Waals surface area (Å²) in [5.74, 6) is 0.0612. The molecule has 4 aromatic rings. The van der Waals surface area contributed by atoms with E-state index in [1.165, 1.54) is 21.8 Å². The molecule has 0 radical (unpaired) electrons. The van der Waals surface area contributed by atoms with Gasteiger partial charge in [0, 0.05) is 41.2 Å². The summed E-state index contributed by atoms with van der Waals surface area (Å²) in [7, 11) is 0. The average molecular weight is 534 g/mol. The van der Waals surface area contributed by atoms with Gasteiger partial charge in [0.25, 0.3) is 5.56 Å². The van der Waals surface area contributed by atoms with Gasteiger partial charge in [0.2, 0.25) is 0 Å².